The van der Waals surface area contributed by atoms with Gasteiger partial charge in [0.15, 0.2) is 0 Å². The van der Waals surface area contributed by atoms with E-state index in [1.165, 1.54) is 83.5 Å². The number of amides is 1. The molecule has 1 amide bonds. The maximum Gasteiger partial charge on any atom is 0.407 e. The standard InChI is InChI=1S/C35H61NO2/c1-7-8-9-10-11-23-36-33(37)38-28-19-21-34(5)27(24-28)15-16-29-31-18-17-30(26(4)14-12-13-25(2)3)35(31,6)22-20-32(29)34/h15,25-26,28-32H,7-14,16-24H2,1-6H3,(H,36,37)/t26?,28-,29-,30+,31?,32-,34-,35+/m0/s1. The predicted octanol–water partition coefficient (Wildman–Crippen LogP) is 10.1. The van der Waals surface area contributed by atoms with E-state index in [1.54, 1.807) is 5.57 Å². The topological polar surface area (TPSA) is 38.3 Å². The monoisotopic (exact) mass is 527 g/mol. The Bertz CT molecular complexity index is 804. The normalized spacial score (nSPS) is 37.1. The third-order valence-corrected chi connectivity index (χ3v) is 12.1. The molecule has 4 aliphatic carbocycles. The van der Waals surface area contributed by atoms with Gasteiger partial charge in [0.1, 0.15) is 6.10 Å². The van der Waals surface area contributed by atoms with E-state index in [4.69, 9.17) is 4.74 Å². The van der Waals surface area contributed by atoms with E-state index in [-0.39, 0.29) is 12.2 Å². The average molecular weight is 528 g/mol. The van der Waals surface area contributed by atoms with Crippen LogP contribution >= 0.6 is 0 Å². The molecule has 0 spiro atoms. The fraction of sp³-hybridized carbons (Fsp3) is 0.914. The maximum absolute atomic E-state index is 12.5. The lowest BCUT2D eigenvalue weighted by Crippen LogP contribution is -2.51. The second-order valence-corrected chi connectivity index (χ2v) is 14.9. The van der Waals surface area contributed by atoms with Gasteiger partial charge in [0.05, 0.1) is 0 Å². The number of hydrogen-bond donors (Lipinski definition) is 1. The van der Waals surface area contributed by atoms with Crippen LogP contribution in [0.25, 0.3) is 0 Å². The number of fused-ring (bicyclic) bond motifs is 5. The molecular formula is C35H61NO2. The minimum Gasteiger partial charge on any atom is -0.446 e. The summed E-state index contributed by atoms with van der Waals surface area (Å²) in [6.45, 7) is 15.6. The lowest BCUT2D eigenvalue weighted by atomic mass is 9.47. The van der Waals surface area contributed by atoms with Crippen molar-refractivity contribution in [2.45, 2.75) is 150 Å². The van der Waals surface area contributed by atoms with Gasteiger partial charge in [0.25, 0.3) is 0 Å². The first-order chi connectivity index (χ1) is 18.2. The first-order valence-electron chi connectivity index (χ1n) is 16.8. The zero-order chi connectivity index (χ0) is 27.3. The summed E-state index contributed by atoms with van der Waals surface area (Å²) >= 11 is 0. The van der Waals surface area contributed by atoms with Crippen LogP contribution in [0.1, 0.15) is 144 Å². The summed E-state index contributed by atoms with van der Waals surface area (Å²) in [5, 5.41) is 3.01. The number of carbonyl (C=O) groups is 1. The van der Waals surface area contributed by atoms with Crippen molar-refractivity contribution in [3.05, 3.63) is 11.6 Å². The number of nitrogens with one attached hydrogen (secondary N) is 1. The Morgan fingerprint density at radius 1 is 0.974 bits per heavy atom. The van der Waals surface area contributed by atoms with Gasteiger partial charge in [-0.2, -0.15) is 0 Å². The summed E-state index contributed by atoms with van der Waals surface area (Å²) in [5.41, 5.74) is 2.48. The number of carbonyl (C=O) groups excluding carboxylic acids is 1. The minimum atomic E-state index is -0.198. The Balaban J connectivity index is 1.31. The maximum atomic E-state index is 12.5. The molecule has 0 bridgehead atoms. The average Bonchev–Trinajstić information content (AvgIpc) is 3.23. The number of alkyl carbamates (subject to hydrolysis) is 1. The van der Waals surface area contributed by atoms with E-state index in [2.05, 4.69) is 52.9 Å². The Hall–Kier alpha value is -0.990. The van der Waals surface area contributed by atoms with Crippen molar-refractivity contribution in [1.82, 2.24) is 5.32 Å². The van der Waals surface area contributed by atoms with Crippen molar-refractivity contribution in [2.75, 3.05) is 6.54 Å². The quantitative estimate of drug-likeness (QED) is 0.202. The fourth-order valence-corrected chi connectivity index (χ4v) is 9.86. The van der Waals surface area contributed by atoms with Crippen molar-refractivity contribution in [3.8, 4) is 0 Å². The van der Waals surface area contributed by atoms with E-state index in [0.29, 0.717) is 10.8 Å². The van der Waals surface area contributed by atoms with Crippen LogP contribution in [0.5, 0.6) is 0 Å². The molecule has 0 radical (unpaired) electrons. The minimum absolute atomic E-state index is 0.0578. The molecule has 3 saturated carbocycles. The molecule has 0 aromatic rings. The van der Waals surface area contributed by atoms with Gasteiger partial charge in [-0.15, -0.1) is 0 Å². The highest BCUT2D eigenvalue weighted by Crippen LogP contribution is 2.67. The van der Waals surface area contributed by atoms with Crippen molar-refractivity contribution >= 4 is 6.09 Å². The lowest BCUT2D eigenvalue weighted by Gasteiger charge is -2.58. The Morgan fingerprint density at radius 2 is 1.76 bits per heavy atom. The van der Waals surface area contributed by atoms with Gasteiger partial charge < -0.3 is 10.1 Å². The highest BCUT2D eigenvalue weighted by atomic mass is 16.6. The summed E-state index contributed by atoms with van der Waals surface area (Å²) in [6.07, 6.45) is 23.0. The van der Waals surface area contributed by atoms with Gasteiger partial charge in [-0.05, 0) is 97.7 Å². The van der Waals surface area contributed by atoms with E-state index >= 15 is 0 Å². The van der Waals surface area contributed by atoms with E-state index < -0.39 is 0 Å². The smallest absolute Gasteiger partial charge is 0.407 e. The van der Waals surface area contributed by atoms with Crippen LogP contribution in [0.15, 0.2) is 11.6 Å². The Kier molecular flexibility index (Phi) is 10.3. The van der Waals surface area contributed by atoms with E-state index in [1.807, 2.05) is 0 Å². The molecule has 0 heterocycles. The van der Waals surface area contributed by atoms with Crippen LogP contribution in [-0.2, 0) is 4.74 Å². The van der Waals surface area contributed by atoms with Crippen LogP contribution in [0, 0.1) is 46.3 Å². The molecule has 38 heavy (non-hydrogen) atoms. The van der Waals surface area contributed by atoms with Crippen molar-refractivity contribution in [3.63, 3.8) is 0 Å². The molecule has 3 fully saturated rings. The summed E-state index contributed by atoms with van der Waals surface area (Å²) in [4.78, 5) is 12.5. The van der Waals surface area contributed by atoms with Gasteiger partial charge in [-0.25, -0.2) is 4.79 Å². The Labute approximate surface area is 235 Å². The van der Waals surface area contributed by atoms with Gasteiger partial charge in [-0.3, -0.25) is 0 Å². The largest absolute Gasteiger partial charge is 0.446 e. The SMILES string of the molecule is CCCCCCCNC(=O)O[C@H]1CC[C@@]2(C)C(=CC[C@H]3C4CC[C@H](C(C)CCCC(C)C)[C@@]4(C)CC[C@@H]32)C1. The number of allylic oxidation sites excluding steroid dienone is 1. The molecule has 0 saturated heterocycles. The molecule has 4 rings (SSSR count). The third-order valence-electron chi connectivity index (χ3n) is 12.1. The van der Waals surface area contributed by atoms with E-state index in [0.717, 1.165) is 61.3 Å². The van der Waals surface area contributed by atoms with Gasteiger partial charge in [0.2, 0.25) is 0 Å². The molecule has 4 aliphatic rings. The Morgan fingerprint density at radius 3 is 2.53 bits per heavy atom. The molecule has 218 valence electrons. The number of ether oxygens (including phenoxy) is 1. The van der Waals surface area contributed by atoms with Crippen LogP contribution in [-0.4, -0.2) is 18.7 Å². The zero-order valence-corrected chi connectivity index (χ0v) is 26.0. The summed E-state index contributed by atoms with van der Waals surface area (Å²) < 4.78 is 5.93. The molecule has 3 nitrogen and oxygen atoms in total. The fourth-order valence-electron chi connectivity index (χ4n) is 9.86. The highest BCUT2D eigenvalue weighted by molar-refractivity contribution is 5.67. The van der Waals surface area contributed by atoms with Crippen LogP contribution in [0.3, 0.4) is 0 Å². The van der Waals surface area contributed by atoms with Crippen LogP contribution in [0.4, 0.5) is 4.79 Å². The van der Waals surface area contributed by atoms with Gasteiger partial charge in [-0.1, -0.05) is 98.1 Å². The van der Waals surface area contributed by atoms with Crippen LogP contribution in [0.2, 0.25) is 0 Å². The van der Waals surface area contributed by atoms with Crippen molar-refractivity contribution in [1.29, 1.82) is 0 Å². The molecule has 0 aliphatic heterocycles. The number of hydrogen-bond acceptors (Lipinski definition) is 2. The second kappa shape index (κ2) is 13.1. The van der Waals surface area contributed by atoms with Crippen molar-refractivity contribution < 1.29 is 9.53 Å². The number of unbranched alkanes of at least 4 members (excludes halogenated alkanes) is 4. The molecule has 3 heteroatoms. The second-order valence-electron chi connectivity index (χ2n) is 14.9. The van der Waals surface area contributed by atoms with Crippen LogP contribution < -0.4 is 5.32 Å². The van der Waals surface area contributed by atoms with Gasteiger partial charge >= 0.3 is 6.09 Å². The molecule has 2 unspecified atom stereocenters. The zero-order valence-electron chi connectivity index (χ0n) is 26.0. The first-order valence-corrected chi connectivity index (χ1v) is 16.8. The highest BCUT2D eigenvalue weighted by Gasteiger charge is 2.59. The summed E-state index contributed by atoms with van der Waals surface area (Å²) in [7, 11) is 0. The van der Waals surface area contributed by atoms with E-state index in [9.17, 15) is 4.79 Å². The van der Waals surface area contributed by atoms with Crippen molar-refractivity contribution in [2.24, 2.45) is 46.3 Å². The first kappa shape index (κ1) is 30.0. The lowest BCUT2D eigenvalue weighted by molar-refractivity contribution is -0.0581. The van der Waals surface area contributed by atoms with Gasteiger partial charge in [0, 0.05) is 13.0 Å². The third kappa shape index (κ3) is 6.49. The number of rotatable bonds is 12. The molecule has 8 atom stereocenters. The molecular weight excluding hydrogens is 466 g/mol. The molecule has 0 aromatic carbocycles. The molecule has 0 aromatic heterocycles. The molecule has 1 N–H and O–H groups in total. The summed E-state index contributed by atoms with van der Waals surface area (Å²) in [5.74, 6) is 5.24. The summed E-state index contributed by atoms with van der Waals surface area (Å²) in [6, 6.07) is 0. The predicted molar refractivity (Wildman–Crippen MR) is 160 cm³/mol.